The standard InChI is InChI=1S/C69H139N2O6P/c1-6-8-10-12-14-16-18-20-22-24-25-26-27-28-29-30-31-32-33-34-35-36-37-38-39-40-41-42-43-44-45-47-49-51-53-55-57-59-61-63-69(73)70-67(66-77-78(74,75)76-65-64-71(3,4)5)68(72)62-60-58-56-54-52-50-48-46-23-21-19-17-15-13-11-9-7-2/h24-25,67-68,72H,6-23,26-66H2,1-5H3,(H-,70,73,74,75)/p+1/b25-24-. The van der Waals surface area contributed by atoms with Crippen molar-refractivity contribution in [1.29, 1.82) is 0 Å². The van der Waals surface area contributed by atoms with Gasteiger partial charge in [-0.05, 0) is 38.5 Å². The molecule has 78 heavy (non-hydrogen) atoms. The Morgan fingerprint density at radius 2 is 0.692 bits per heavy atom. The maximum absolute atomic E-state index is 13.0. The van der Waals surface area contributed by atoms with E-state index >= 15 is 0 Å². The molecule has 0 spiro atoms. The predicted octanol–water partition coefficient (Wildman–Crippen LogP) is 22.1. The van der Waals surface area contributed by atoms with Gasteiger partial charge in [-0.3, -0.25) is 13.8 Å². The lowest BCUT2D eigenvalue weighted by Gasteiger charge is -2.26. The number of aliphatic hydroxyl groups excluding tert-OH is 1. The van der Waals surface area contributed by atoms with Crippen LogP contribution in [-0.2, 0) is 18.4 Å². The molecule has 8 nitrogen and oxygen atoms in total. The second kappa shape index (κ2) is 60.8. The van der Waals surface area contributed by atoms with Gasteiger partial charge in [-0.25, -0.2) is 4.57 Å². The van der Waals surface area contributed by atoms with Gasteiger partial charge < -0.3 is 19.8 Å². The highest BCUT2D eigenvalue weighted by molar-refractivity contribution is 7.47. The lowest BCUT2D eigenvalue weighted by Crippen LogP contribution is -2.46. The molecule has 0 aromatic rings. The van der Waals surface area contributed by atoms with Crippen molar-refractivity contribution >= 4 is 13.7 Å². The molecule has 0 saturated carbocycles. The molecule has 0 aliphatic carbocycles. The Labute approximate surface area is 488 Å². The molecule has 0 aromatic heterocycles. The lowest BCUT2D eigenvalue weighted by atomic mass is 10.0. The average molecular weight is 1120 g/mol. The van der Waals surface area contributed by atoms with Gasteiger partial charge in [0.05, 0.1) is 39.9 Å². The first-order valence-corrected chi connectivity index (χ1v) is 36.5. The van der Waals surface area contributed by atoms with Crippen LogP contribution >= 0.6 is 7.82 Å². The summed E-state index contributed by atoms with van der Waals surface area (Å²) in [7, 11) is 1.64. The van der Waals surface area contributed by atoms with Gasteiger partial charge in [0.25, 0.3) is 0 Å². The molecule has 0 heterocycles. The molecule has 3 unspecified atom stereocenters. The number of carbonyl (C=O) groups is 1. The third-order valence-corrected chi connectivity index (χ3v) is 17.5. The van der Waals surface area contributed by atoms with E-state index in [4.69, 9.17) is 9.05 Å². The second-order valence-electron chi connectivity index (χ2n) is 25.6. The minimum atomic E-state index is -4.32. The Balaban J connectivity index is 3.85. The van der Waals surface area contributed by atoms with Crippen LogP contribution in [0, 0.1) is 0 Å². The number of nitrogens with one attached hydrogen (secondary N) is 1. The first-order chi connectivity index (χ1) is 38.0. The zero-order valence-electron chi connectivity index (χ0n) is 53.5. The molecular weight excluding hydrogens is 984 g/mol. The minimum Gasteiger partial charge on any atom is -0.391 e. The van der Waals surface area contributed by atoms with Crippen LogP contribution in [0.2, 0.25) is 0 Å². The van der Waals surface area contributed by atoms with Crippen LogP contribution in [0.4, 0.5) is 0 Å². The topological polar surface area (TPSA) is 105 Å². The normalized spacial score (nSPS) is 13.7. The zero-order chi connectivity index (χ0) is 57.0. The van der Waals surface area contributed by atoms with Crippen molar-refractivity contribution in [3.63, 3.8) is 0 Å². The Morgan fingerprint density at radius 3 is 0.987 bits per heavy atom. The van der Waals surface area contributed by atoms with Crippen LogP contribution < -0.4 is 5.32 Å². The van der Waals surface area contributed by atoms with Crippen molar-refractivity contribution in [2.45, 2.75) is 386 Å². The van der Waals surface area contributed by atoms with E-state index in [2.05, 4.69) is 31.3 Å². The van der Waals surface area contributed by atoms with E-state index in [9.17, 15) is 19.4 Å². The first-order valence-electron chi connectivity index (χ1n) is 35.1. The second-order valence-corrected chi connectivity index (χ2v) is 27.1. The number of amides is 1. The van der Waals surface area contributed by atoms with Crippen LogP contribution in [-0.4, -0.2) is 73.4 Å². The van der Waals surface area contributed by atoms with Crippen LogP contribution in [0.1, 0.15) is 373 Å². The number of aliphatic hydroxyl groups is 1. The summed E-state index contributed by atoms with van der Waals surface area (Å²) in [6.45, 7) is 4.95. The molecule has 1 amide bonds. The average Bonchev–Trinajstić information content (AvgIpc) is 3.40. The van der Waals surface area contributed by atoms with E-state index in [1.165, 1.54) is 308 Å². The van der Waals surface area contributed by atoms with Crippen molar-refractivity contribution in [3.8, 4) is 0 Å². The quantitative estimate of drug-likeness (QED) is 0.0243. The van der Waals surface area contributed by atoms with Gasteiger partial charge in [-0.1, -0.05) is 341 Å². The monoisotopic (exact) mass is 1120 g/mol. The molecule has 0 fully saturated rings. The molecule has 0 rings (SSSR count). The molecular formula is C69H140N2O6P+. The van der Waals surface area contributed by atoms with Crippen LogP contribution in [0.5, 0.6) is 0 Å². The summed E-state index contributed by atoms with van der Waals surface area (Å²) in [5.74, 6) is -0.135. The molecule has 0 saturated heterocycles. The Kier molecular flexibility index (Phi) is 60.2. The summed E-state index contributed by atoms with van der Waals surface area (Å²) in [5.41, 5.74) is 0. The number of quaternary nitrogens is 1. The molecule has 3 N–H and O–H groups in total. The highest BCUT2D eigenvalue weighted by atomic mass is 31.2. The molecule has 0 aliphatic rings. The number of rotatable bonds is 66. The molecule has 0 aliphatic heterocycles. The summed E-state index contributed by atoms with van der Waals surface area (Å²) in [4.78, 5) is 23.4. The van der Waals surface area contributed by atoms with Gasteiger partial charge in [0.15, 0.2) is 0 Å². The third-order valence-electron chi connectivity index (χ3n) is 16.5. The van der Waals surface area contributed by atoms with Gasteiger partial charge >= 0.3 is 7.82 Å². The number of phosphoric acid groups is 1. The van der Waals surface area contributed by atoms with Crippen LogP contribution in [0.15, 0.2) is 12.2 Å². The van der Waals surface area contributed by atoms with Crippen LogP contribution in [0.25, 0.3) is 0 Å². The number of unbranched alkanes of at least 4 members (excludes halogenated alkanes) is 51. The SMILES string of the molecule is CCCCCCCCCC/C=C\CCCCCCCCCCCCCCCCCCCCCCCCCCCCCC(=O)NC(COP(=O)(O)OCC[N+](C)(C)C)C(O)CCCCCCCCCCCCCCCCCCC. The summed E-state index contributed by atoms with van der Waals surface area (Å²) in [6, 6.07) is -0.757. The van der Waals surface area contributed by atoms with E-state index < -0.39 is 20.0 Å². The van der Waals surface area contributed by atoms with E-state index in [0.717, 1.165) is 38.5 Å². The highest BCUT2D eigenvalue weighted by Gasteiger charge is 2.28. The lowest BCUT2D eigenvalue weighted by molar-refractivity contribution is -0.870. The van der Waals surface area contributed by atoms with Crippen molar-refractivity contribution < 1.29 is 32.9 Å². The first kappa shape index (κ1) is 77.2. The fourth-order valence-corrected chi connectivity index (χ4v) is 11.8. The molecule has 0 aromatic carbocycles. The Morgan fingerprint density at radius 1 is 0.423 bits per heavy atom. The van der Waals surface area contributed by atoms with Gasteiger partial charge in [0.2, 0.25) is 5.91 Å². The van der Waals surface area contributed by atoms with Crippen molar-refractivity contribution in [2.75, 3.05) is 40.9 Å². The smallest absolute Gasteiger partial charge is 0.391 e. The summed E-state index contributed by atoms with van der Waals surface area (Å²) < 4.78 is 23.8. The summed E-state index contributed by atoms with van der Waals surface area (Å²) in [5, 5.41) is 14.1. The van der Waals surface area contributed by atoms with Gasteiger partial charge in [0, 0.05) is 6.42 Å². The Bertz CT molecular complexity index is 1280. The summed E-state index contributed by atoms with van der Waals surface area (Å²) in [6.07, 6.45) is 77.6. The fourth-order valence-electron chi connectivity index (χ4n) is 11.0. The van der Waals surface area contributed by atoms with Crippen molar-refractivity contribution in [1.82, 2.24) is 5.32 Å². The van der Waals surface area contributed by atoms with E-state index in [1.54, 1.807) is 0 Å². The van der Waals surface area contributed by atoms with Gasteiger partial charge in [-0.2, -0.15) is 0 Å². The van der Waals surface area contributed by atoms with Crippen molar-refractivity contribution in [2.24, 2.45) is 0 Å². The maximum Gasteiger partial charge on any atom is 0.472 e. The number of likely N-dealkylation sites (N-methyl/N-ethyl adjacent to an activating group) is 1. The third kappa shape index (κ3) is 62.8. The zero-order valence-corrected chi connectivity index (χ0v) is 54.3. The fraction of sp³-hybridized carbons (Fsp3) is 0.957. The largest absolute Gasteiger partial charge is 0.472 e. The molecule has 0 bridgehead atoms. The number of nitrogens with zero attached hydrogens (tertiary/aromatic N) is 1. The van der Waals surface area contributed by atoms with Gasteiger partial charge in [-0.15, -0.1) is 0 Å². The Hall–Kier alpha value is -0.760. The molecule has 0 radical (unpaired) electrons. The van der Waals surface area contributed by atoms with E-state index in [-0.39, 0.29) is 19.1 Å². The number of phosphoric ester groups is 1. The molecule has 3 atom stereocenters. The van der Waals surface area contributed by atoms with E-state index in [0.29, 0.717) is 23.9 Å². The number of allylic oxidation sites excluding steroid dienone is 2. The predicted molar refractivity (Wildman–Crippen MR) is 342 cm³/mol. The molecule has 9 heteroatoms. The number of carbonyl (C=O) groups excluding carboxylic acids is 1. The highest BCUT2D eigenvalue weighted by Crippen LogP contribution is 2.43. The number of hydrogen-bond acceptors (Lipinski definition) is 5. The molecule has 466 valence electrons. The van der Waals surface area contributed by atoms with Gasteiger partial charge in [0.1, 0.15) is 13.2 Å². The summed E-state index contributed by atoms with van der Waals surface area (Å²) >= 11 is 0. The maximum atomic E-state index is 13.0. The number of hydrogen-bond donors (Lipinski definition) is 3. The minimum absolute atomic E-state index is 0.0786. The van der Waals surface area contributed by atoms with E-state index in [1.807, 2.05) is 21.1 Å². The van der Waals surface area contributed by atoms with Crippen LogP contribution in [0.3, 0.4) is 0 Å². The van der Waals surface area contributed by atoms with Crippen molar-refractivity contribution in [3.05, 3.63) is 12.2 Å².